The number of pyridine rings is 1. The van der Waals surface area contributed by atoms with Gasteiger partial charge in [-0.15, -0.1) is 0 Å². The fourth-order valence-electron chi connectivity index (χ4n) is 1.99. The lowest BCUT2D eigenvalue weighted by molar-refractivity contribution is 0.0693. The summed E-state index contributed by atoms with van der Waals surface area (Å²) in [4.78, 5) is 23.0. The Kier molecular flexibility index (Phi) is 3.95. The van der Waals surface area contributed by atoms with E-state index in [0.717, 1.165) is 4.57 Å². The summed E-state index contributed by atoms with van der Waals surface area (Å²) >= 11 is 0. The highest BCUT2D eigenvalue weighted by atomic mass is 19.1. The molecule has 6 heteroatoms. The zero-order valence-corrected chi connectivity index (χ0v) is 10.4. The zero-order valence-electron chi connectivity index (χ0n) is 10.4. The van der Waals surface area contributed by atoms with Crippen molar-refractivity contribution in [3.8, 4) is 0 Å². The quantitative estimate of drug-likeness (QED) is 0.882. The van der Waals surface area contributed by atoms with Crippen LogP contribution in [0, 0.1) is 5.82 Å². The summed E-state index contributed by atoms with van der Waals surface area (Å²) in [5.41, 5.74) is -0.761. The average molecular weight is 277 g/mol. The van der Waals surface area contributed by atoms with Crippen molar-refractivity contribution < 1.29 is 19.4 Å². The van der Waals surface area contributed by atoms with Crippen LogP contribution in [-0.4, -0.2) is 27.4 Å². The molecule has 5 nitrogen and oxygen atoms in total. The van der Waals surface area contributed by atoms with Crippen molar-refractivity contribution in [2.75, 3.05) is 6.61 Å². The Morgan fingerprint density at radius 3 is 2.65 bits per heavy atom. The summed E-state index contributed by atoms with van der Waals surface area (Å²) in [6.45, 7) is -0.452. The molecule has 0 spiro atoms. The summed E-state index contributed by atoms with van der Waals surface area (Å²) in [6, 6.07) is 7.20. The SMILES string of the molecule is O=C(O)c1cccn([C@H](CO)c2cccc(F)c2)c1=O. The van der Waals surface area contributed by atoms with Gasteiger partial charge >= 0.3 is 5.97 Å². The Labute approximate surface area is 113 Å². The van der Waals surface area contributed by atoms with Gasteiger partial charge in [-0.3, -0.25) is 4.79 Å². The predicted molar refractivity (Wildman–Crippen MR) is 69.3 cm³/mol. The molecule has 0 aliphatic rings. The van der Waals surface area contributed by atoms with Gasteiger partial charge < -0.3 is 14.8 Å². The van der Waals surface area contributed by atoms with Gasteiger partial charge in [0.25, 0.3) is 5.56 Å². The van der Waals surface area contributed by atoms with Crippen LogP contribution in [0.15, 0.2) is 47.4 Å². The summed E-state index contributed by atoms with van der Waals surface area (Å²) in [5, 5.41) is 18.4. The van der Waals surface area contributed by atoms with Crippen molar-refractivity contribution in [3.05, 3.63) is 69.9 Å². The first-order valence-corrected chi connectivity index (χ1v) is 5.85. The van der Waals surface area contributed by atoms with E-state index in [1.165, 1.54) is 36.5 Å². The molecular weight excluding hydrogens is 265 g/mol. The third-order valence-electron chi connectivity index (χ3n) is 2.95. The minimum absolute atomic E-state index is 0.386. The van der Waals surface area contributed by atoms with Gasteiger partial charge in [-0.2, -0.15) is 0 Å². The molecular formula is C14H12FNO4. The van der Waals surface area contributed by atoms with Crippen molar-refractivity contribution in [1.29, 1.82) is 0 Å². The molecule has 104 valence electrons. The van der Waals surface area contributed by atoms with E-state index in [1.54, 1.807) is 6.07 Å². The Morgan fingerprint density at radius 2 is 2.05 bits per heavy atom. The molecule has 2 aromatic rings. The van der Waals surface area contributed by atoms with Gasteiger partial charge in [0.15, 0.2) is 0 Å². The number of aliphatic hydroxyl groups excluding tert-OH is 1. The standard InChI is InChI=1S/C14H12FNO4/c15-10-4-1-3-9(7-10)12(8-17)16-6-2-5-11(13(16)18)14(19)20/h1-7,12,17H,8H2,(H,19,20)/t12-/m1/s1. The molecule has 0 amide bonds. The van der Waals surface area contributed by atoms with Crippen LogP contribution in [-0.2, 0) is 0 Å². The number of carbonyl (C=O) groups is 1. The summed E-state index contributed by atoms with van der Waals surface area (Å²) < 4.78 is 14.3. The molecule has 0 saturated heterocycles. The van der Waals surface area contributed by atoms with E-state index in [1.807, 2.05) is 0 Å². The maximum atomic E-state index is 13.2. The van der Waals surface area contributed by atoms with E-state index in [9.17, 15) is 19.1 Å². The lowest BCUT2D eigenvalue weighted by atomic mass is 10.1. The van der Waals surface area contributed by atoms with Crippen LogP contribution in [0.5, 0.6) is 0 Å². The molecule has 0 saturated carbocycles. The fraction of sp³-hybridized carbons (Fsp3) is 0.143. The molecule has 0 bridgehead atoms. The molecule has 0 unspecified atom stereocenters. The Hall–Kier alpha value is -2.47. The van der Waals surface area contributed by atoms with Gasteiger partial charge in [0.1, 0.15) is 11.4 Å². The normalized spacial score (nSPS) is 12.1. The smallest absolute Gasteiger partial charge is 0.341 e. The van der Waals surface area contributed by atoms with Crippen LogP contribution in [0.3, 0.4) is 0 Å². The fourth-order valence-corrected chi connectivity index (χ4v) is 1.99. The molecule has 0 fully saturated rings. The molecule has 2 N–H and O–H groups in total. The maximum Gasteiger partial charge on any atom is 0.341 e. The molecule has 1 aromatic heterocycles. The van der Waals surface area contributed by atoms with Gasteiger partial charge in [-0.25, -0.2) is 9.18 Å². The molecule has 2 rings (SSSR count). The van der Waals surface area contributed by atoms with E-state index >= 15 is 0 Å². The topological polar surface area (TPSA) is 79.5 Å². The van der Waals surface area contributed by atoms with Gasteiger partial charge in [0.05, 0.1) is 12.6 Å². The number of nitrogens with zero attached hydrogens (tertiary/aromatic N) is 1. The van der Waals surface area contributed by atoms with Crippen LogP contribution < -0.4 is 5.56 Å². The first-order chi connectivity index (χ1) is 9.54. The third-order valence-corrected chi connectivity index (χ3v) is 2.95. The van der Waals surface area contributed by atoms with E-state index in [2.05, 4.69) is 0 Å². The number of hydrogen-bond donors (Lipinski definition) is 2. The molecule has 0 aliphatic carbocycles. The average Bonchev–Trinajstić information content (AvgIpc) is 2.41. The van der Waals surface area contributed by atoms with Crippen LogP contribution >= 0.6 is 0 Å². The van der Waals surface area contributed by atoms with Crippen molar-refractivity contribution in [2.24, 2.45) is 0 Å². The Morgan fingerprint density at radius 1 is 1.30 bits per heavy atom. The van der Waals surface area contributed by atoms with Gasteiger partial charge in [0.2, 0.25) is 0 Å². The summed E-state index contributed by atoms with van der Waals surface area (Å²) in [6.07, 6.45) is 1.36. The number of carboxylic acid groups (broad SMARTS) is 1. The number of benzene rings is 1. The Bertz CT molecular complexity index is 696. The number of rotatable bonds is 4. The van der Waals surface area contributed by atoms with Crippen molar-refractivity contribution >= 4 is 5.97 Å². The van der Waals surface area contributed by atoms with Crippen LogP contribution in [0.1, 0.15) is 22.0 Å². The number of hydrogen-bond acceptors (Lipinski definition) is 3. The van der Waals surface area contributed by atoms with Crippen LogP contribution in [0.25, 0.3) is 0 Å². The Balaban J connectivity index is 2.56. The first kappa shape index (κ1) is 14.0. The van der Waals surface area contributed by atoms with Gasteiger partial charge in [-0.05, 0) is 29.8 Å². The second-order valence-corrected chi connectivity index (χ2v) is 4.19. The highest BCUT2D eigenvalue weighted by molar-refractivity contribution is 5.87. The zero-order chi connectivity index (χ0) is 14.7. The highest BCUT2D eigenvalue weighted by Gasteiger charge is 2.18. The van der Waals surface area contributed by atoms with Crippen LogP contribution in [0.4, 0.5) is 4.39 Å². The largest absolute Gasteiger partial charge is 0.477 e. The molecule has 1 aromatic carbocycles. The molecule has 20 heavy (non-hydrogen) atoms. The summed E-state index contributed by atoms with van der Waals surface area (Å²) in [5.74, 6) is -1.84. The lowest BCUT2D eigenvalue weighted by Crippen LogP contribution is -2.31. The first-order valence-electron chi connectivity index (χ1n) is 5.85. The van der Waals surface area contributed by atoms with Gasteiger partial charge in [0, 0.05) is 6.20 Å². The van der Waals surface area contributed by atoms with E-state index in [-0.39, 0.29) is 0 Å². The van der Waals surface area contributed by atoms with E-state index < -0.39 is 35.6 Å². The molecule has 0 aliphatic heterocycles. The maximum absolute atomic E-state index is 13.2. The molecule has 0 radical (unpaired) electrons. The number of halogens is 1. The molecule has 1 atom stereocenters. The van der Waals surface area contributed by atoms with E-state index in [0.29, 0.717) is 5.56 Å². The number of aromatic carboxylic acids is 1. The van der Waals surface area contributed by atoms with Gasteiger partial charge in [-0.1, -0.05) is 12.1 Å². The van der Waals surface area contributed by atoms with Crippen molar-refractivity contribution in [1.82, 2.24) is 4.57 Å². The van der Waals surface area contributed by atoms with E-state index in [4.69, 9.17) is 5.11 Å². The van der Waals surface area contributed by atoms with Crippen molar-refractivity contribution in [2.45, 2.75) is 6.04 Å². The number of carboxylic acids is 1. The molecule has 1 heterocycles. The second kappa shape index (κ2) is 5.66. The van der Waals surface area contributed by atoms with Crippen LogP contribution in [0.2, 0.25) is 0 Å². The number of aliphatic hydroxyl groups is 1. The second-order valence-electron chi connectivity index (χ2n) is 4.19. The monoisotopic (exact) mass is 277 g/mol. The third kappa shape index (κ3) is 2.60. The highest BCUT2D eigenvalue weighted by Crippen LogP contribution is 2.17. The lowest BCUT2D eigenvalue weighted by Gasteiger charge is -2.18. The minimum atomic E-state index is -1.35. The predicted octanol–water partition coefficient (Wildman–Crippen LogP) is 1.27. The number of aromatic nitrogens is 1. The van der Waals surface area contributed by atoms with Crippen molar-refractivity contribution in [3.63, 3.8) is 0 Å². The minimum Gasteiger partial charge on any atom is -0.477 e. The summed E-state index contributed by atoms with van der Waals surface area (Å²) in [7, 11) is 0.